The predicted octanol–water partition coefficient (Wildman–Crippen LogP) is 5.84. The molecule has 0 saturated heterocycles. The molecular formula is C25H19ClN4O6S. The number of carboxylic acids is 1. The summed E-state index contributed by atoms with van der Waals surface area (Å²) in [4.78, 5) is 26.6. The average Bonchev–Trinajstić information content (AvgIpc) is 3.36. The number of halogens is 1. The highest BCUT2D eigenvalue weighted by Crippen LogP contribution is 2.32. The number of ether oxygens (including phenoxy) is 2. The van der Waals surface area contributed by atoms with Crippen molar-refractivity contribution in [1.82, 2.24) is 15.2 Å². The Bertz CT molecular complexity index is 1460. The summed E-state index contributed by atoms with van der Waals surface area (Å²) in [6.45, 7) is 0.167. The van der Waals surface area contributed by atoms with Crippen LogP contribution < -0.4 is 9.47 Å². The molecule has 0 bridgehead atoms. The smallest absolute Gasteiger partial charge is 0.342 e. The number of nitro benzene ring substituents is 1. The first kappa shape index (κ1) is 25.7. The van der Waals surface area contributed by atoms with Gasteiger partial charge in [0.15, 0.2) is 17.3 Å². The van der Waals surface area contributed by atoms with Crippen molar-refractivity contribution in [2.45, 2.75) is 11.8 Å². The minimum Gasteiger partial charge on any atom is -0.493 e. The van der Waals surface area contributed by atoms with Gasteiger partial charge in [-0.3, -0.25) is 15.2 Å². The highest BCUT2D eigenvalue weighted by atomic mass is 35.5. The number of nitrogens with zero attached hydrogens (tertiary/aromatic N) is 3. The molecule has 4 rings (SSSR count). The molecule has 0 amide bonds. The molecule has 1 aromatic heterocycles. The van der Waals surface area contributed by atoms with E-state index in [1.165, 1.54) is 25.3 Å². The number of hydrogen-bond acceptors (Lipinski definition) is 8. The van der Waals surface area contributed by atoms with Gasteiger partial charge in [-0.2, -0.15) is 0 Å². The van der Waals surface area contributed by atoms with Gasteiger partial charge in [-0.1, -0.05) is 17.7 Å². The number of carbonyl (C=O) groups is 1. The zero-order valence-corrected chi connectivity index (χ0v) is 20.8. The number of methoxy groups -OCH3 is 1. The van der Waals surface area contributed by atoms with Crippen LogP contribution in [0.5, 0.6) is 11.5 Å². The number of nitro groups is 1. The van der Waals surface area contributed by atoms with Crippen LogP contribution >= 0.6 is 23.4 Å². The minimum atomic E-state index is -1.14. The van der Waals surface area contributed by atoms with Crippen LogP contribution in [-0.2, 0) is 11.4 Å². The van der Waals surface area contributed by atoms with Crippen molar-refractivity contribution in [1.29, 1.82) is 0 Å². The molecule has 0 aliphatic rings. The van der Waals surface area contributed by atoms with Crippen molar-refractivity contribution in [3.63, 3.8) is 0 Å². The van der Waals surface area contributed by atoms with Crippen LogP contribution in [0.2, 0.25) is 5.02 Å². The van der Waals surface area contributed by atoms with Crippen molar-refractivity contribution in [2.75, 3.05) is 7.11 Å². The largest absolute Gasteiger partial charge is 0.493 e. The Kier molecular flexibility index (Phi) is 8.06. The van der Waals surface area contributed by atoms with Gasteiger partial charge < -0.3 is 14.6 Å². The van der Waals surface area contributed by atoms with Crippen molar-refractivity contribution in [3.8, 4) is 22.9 Å². The number of aromatic nitrogens is 3. The third-order valence-corrected chi connectivity index (χ3v) is 6.15. The molecule has 0 aliphatic carbocycles. The summed E-state index contributed by atoms with van der Waals surface area (Å²) in [5.41, 5.74) is 2.07. The predicted molar refractivity (Wildman–Crippen MR) is 139 cm³/mol. The maximum Gasteiger partial charge on any atom is 0.342 e. The molecule has 0 aliphatic heterocycles. The molecule has 0 spiro atoms. The molecule has 3 aromatic carbocycles. The number of rotatable bonds is 10. The lowest BCUT2D eigenvalue weighted by atomic mass is 10.2. The molecule has 37 heavy (non-hydrogen) atoms. The van der Waals surface area contributed by atoms with Gasteiger partial charge >= 0.3 is 5.97 Å². The number of H-pyrrole nitrogens is 1. The Morgan fingerprint density at radius 2 is 1.86 bits per heavy atom. The van der Waals surface area contributed by atoms with Gasteiger partial charge in [-0.05, 0) is 77.5 Å². The molecule has 0 saturated carbocycles. The zero-order chi connectivity index (χ0) is 26.4. The molecule has 1 heterocycles. The SMILES string of the molecule is COc1cc(/C=C(\Sc2n[nH]c(-c3ccc(Cl)cc3)n2)C(=O)O)ccc1OCc1ccc([N+](=O)[O-])cc1. The average molecular weight is 539 g/mol. The van der Waals surface area contributed by atoms with Gasteiger partial charge in [0.25, 0.3) is 5.69 Å². The molecule has 0 radical (unpaired) electrons. The van der Waals surface area contributed by atoms with E-state index in [1.54, 1.807) is 54.6 Å². The van der Waals surface area contributed by atoms with Crippen LogP contribution in [0.1, 0.15) is 11.1 Å². The topological polar surface area (TPSA) is 140 Å². The summed E-state index contributed by atoms with van der Waals surface area (Å²) in [6.07, 6.45) is 1.48. The Labute approximate surface area is 220 Å². The lowest BCUT2D eigenvalue weighted by Gasteiger charge is -2.11. The zero-order valence-electron chi connectivity index (χ0n) is 19.3. The van der Waals surface area contributed by atoms with Crippen molar-refractivity contribution in [3.05, 3.63) is 97.9 Å². The summed E-state index contributed by atoms with van der Waals surface area (Å²) in [5.74, 6) is 0.179. The number of carboxylic acid groups (broad SMARTS) is 1. The van der Waals surface area contributed by atoms with Gasteiger partial charge in [-0.15, -0.1) is 5.10 Å². The highest BCUT2D eigenvalue weighted by Gasteiger charge is 2.15. The number of aliphatic carboxylic acids is 1. The van der Waals surface area contributed by atoms with Crippen LogP contribution in [0.25, 0.3) is 17.5 Å². The second-order valence-electron chi connectivity index (χ2n) is 7.51. The normalized spacial score (nSPS) is 11.2. The monoisotopic (exact) mass is 538 g/mol. The molecule has 2 N–H and O–H groups in total. The van der Waals surface area contributed by atoms with Crippen LogP contribution in [0.3, 0.4) is 0 Å². The number of hydrogen-bond donors (Lipinski definition) is 2. The quantitative estimate of drug-likeness (QED) is 0.110. The lowest BCUT2D eigenvalue weighted by molar-refractivity contribution is -0.384. The summed E-state index contributed by atoms with van der Waals surface area (Å²) < 4.78 is 11.2. The Morgan fingerprint density at radius 3 is 2.51 bits per heavy atom. The van der Waals surface area contributed by atoms with E-state index in [4.69, 9.17) is 21.1 Å². The van der Waals surface area contributed by atoms with E-state index in [0.717, 1.165) is 22.9 Å². The second kappa shape index (κ2) is 11.6. The van der Waals surface area contributed by atoms with Crippen LogP contribution in [0.15, 0.2) is 76.8 Å². The summed E-state index contributed by atoms with van der Waals surface area (Å²) in [6, 6.07) is 18.0. The van der Waals surface area contributed by atoms with E-state index in [-0.39, 0.29) is 22.4 Å². The van der Waals surface area contributed by atoms with Crippen LogP contribution in [0.4, 0.5) is 5.69 Å². The third kappa shape index (κ3) is 6.66. The van der Waals surface area contributed by atoms with Crippen molar-refractivity contribution >= 4 is 41.1 Å². The molecule has 0 fully saturated rings. The van der Waals surface area contributed by atoms with E-state index in [0.29, 0.717) is 27.9 Å². The first-order valence-electron chi connectivity index (χ1n) is 10.7. The van der Waals surface area contributed by atoms with Crippen molar-refractivity contribution < 1.29 is 24.3 Å². The van der Waals surface area contributed by atoms with Gasteiger partial charge in [-0.25, -0.2) is 9.78 Å². The second-order valence-corrected chi connectivity index (χ2v) is 8.96. The first-order chi connectivity index (χ1) is 17.8. The fourth-order valence-electron chi connectivity index (χ4n) is 3.18. The van der Waals surface area contributed by atoms with Gasteiger partial charge in [0, 0.05) is 22.7 Å². The Morgan fingerprint density at radius 1 is 1.14 bits per heavy atom. The van der Waals surface area contributed by atoms with E-state index < -0.39 is 10.9 Å². The summed E-state index contributed by atoms with van der Waals surface area (Å²) in [7, 11) is 1.47. The van der Waals surface area contributed by atoms with E-state index in [9.17, 15) is 20.0 Å². The van der Waals surface area contributed by atoms with Crippen molar-refractivity contribution in [2.24, 2.45) is 0 Å². The Hall–Kier alpha value is -4.35. The number of non-ortho nitro benzene ring substituents is 1. The molecule has 0 unspecified atom stereocenters. The summed E-state index contributed by atoms with van der Waals surface area (Å²) in [5, 5.41) is 28.3. The molecular weight excluding hydrogens is 520 g/mol. The van der Waals surface area contributed by atoms with E-state index in [1.807, 2.05) is 0 Å². The minimum absolute atomic E-state index is 0.00302. The third-order valence-electron chi connectivity index (χ3n) is 5.02. The van der Waals surface area contributed by atoms with Crippen LogP contribution in [0, 0.1) is 10.1 Å². The Balaban J connectivity index is 1.48. The fraction of sp³-hybridized carbons (Fsp3) is 0.0800. The molecule has 10 nitrogen and oxygen atoms in total. The standard InChI is InChI=1S/C25H19ClN4O6S/c1-35-21-12-16(4-11-20(21)36-14-15-2-9-19(10-3-15)30(33)34)13-22(24(31)32)37-25-27-23(28-29-25)17-5-7-18(26)8-6-17/h2-13H,14H2,1H3,(H,31,32)(H,27,28,29)/b22-13-. The molecule has 188 valence electrons. The van der Waals surface area contributed by atoms with E-state index >= 15 is 0 Å². The summed E-state index contributed by atoms with van der Waals surface area (Å²) >= 11 is 6.82. The number of thioether (sulfide) groups is 1. The molecule has 0 atom stereocenters. The molecule has 12 heteroatoms. The van der Waals surface area contributed by atoms with Gasteiger partial charge in [0.1, 0.15) is 11.5 Å². The maximum atomic E-state index is 11.9. The fourth-order valence-corrected chi connectivity index (χ4v) is 4.01. The number of aromatic amines is 1. The van der Waals surface area contributed by atoms with E-state index in [2.05, 4.69) is 15.2 Å². The maximum absolute atomic E-state index is 11.9. The number of benzene rings is 3. The number of nitrogens with one attached hydrogen (secondary N) is 1. The first-order valence-corrected chi connectivity index (χ1v) is 11.9. The lowest BCUT2D eigenvalue weighted by Crippen LogP contribution is -1.99. The van der Waals surface area contributed by atoms with Gasteiger partial charge in [0.05, 0.1) is 12.0 Å². The highest BCUT2D eigenvalue weighted by molar-refractivity contribution is 8.04. The van der Waals surface area contributed by atoms with Crippen LogP contribution in [-0.4, -0.2) is 38.3 Å². The van der Waals surface area contributed by atoms with Gasteiger partial charge in [0.2, 0.25) is 5.16 Å². The molecule has 4 aromatic rings.